The lowest BCUT2D eigenvalue weighted by Gasteiger charge is -2.12. The largest absolute Gasteiger partial charge is 0.353 e. The van der Waals surface area contributed by atoms with E-state index in [9.17, 15) is 4.79 Å². The van der Waals surface area contributed by atoms with E-state index in [4.69, 9.17) is 11.6 Å². The Kier molecular flexibility index (Phi) is 5.73. The third kappa shape index (κ3) is 5.19. The summed E-state index contributed by atoms with van der Waals surface area (Å²) >= 11 is 7.24. The number of carbonyl (C=O) groups is 1. The summed E-state index contributed by atoms with van der Waals surface area (Å²) in [5.74, 6) is 0.645. The summed E-state index contributed by atoms with van der Waals surface area (Å²) < 4.78 is 0. The van der Waals surface area contributed by atoms with Crippen LogP contribution in [0.5, 0.6) is 0 Å². The maximum absolute atomic E-state index is 11.4. The number of halogens is 1. The molecule has 1 aromatic rings. The van der Waals surface area contributed by atoms with Crippen LogP contribution >= 0.6 is 22.9 Å². The third-order valence-corrected chi connectivity index (χ3v) is 3.20. The van der Waals surface area contributed by atoms with Gasteiger partial charge in [0.05, 0.1) is 0 Å². The van der Waals surface area contributed by atoms with E-state index in [1.807, 2.05) is 13.0 Å². The van der Waals surface area contributed by atoms with Crippen molar-refractivity contribution in [1.29, 1.82) is 0 Å². The maximum Gasteiger partial charge on any atom is 0.220 e. The van der Waals surface area contributed by atoms with Gasteiger partial charge in [-0.05, 0) is 24.8 Å². The molecular weight excluding hydrogens is 230 g/mol. The average molecular weight is 246 g/mol. The summed E-state index contributed by atoms with van der Waals surface area (Å²) in [5.41, 5.74) is 0. The Morgan fingerprint density at radius 2 is 2.47 bits per heavy atom. The number of nitrogens with one attached hydrogen (secondary N) is 1. The smallest absolute Gasteiger partial charge is 0.220 e. The second-order valence-corrected chi connectivity index (χ2v) is 4.95. The lowest BCUT2D eigenvalue weighted by atomic mass is 10.2. The fourth-order valence-electron chi connectivity index (χ4n) is 1.36. The molecular formula is C11H16ClNOS. The number of hydrogen-bond acceptors (Lipinski definition) is 2. The molecule has 0 bridgehead atoms. The van der Waals surface area contributed by atoms with Gasteiger partial charge in [-0.1, -0.05) is 6.07 Å². The molecule has 0 saturated heterocycles. The summed E-state index contributed by atoms with van der Waals surface area (Å²) in [4.78, 5) is 12.7. The van der Waals surface area contributed by atoms with Crippen LogP contribution in [0.3, 0.4) is 0 Å². The van der Waals surface area contributed by atoms with E-state index >= 15 is 0 Å². The molecule has 2 nitrogen and oxygen atoms in total. The average Bonchev–Trinajstić information content (AvgIpc) is 2.67. The molecule has 0 saturated carbocycles. The molecule has 1 heterocycles. The van der Waals surface area contributed by atoms with E-state index in [1.165, 1.54) is 4.88 Å². The van der Waals surface area contributed by atoms with E-state index in [1.54, 1.807) is 11.3 Å². The second kappa shape index (κ2) is 6.85. The van der Waals surface area contributed by atoms with Gasteiger partial charge in [-0.15, -0.1) is 22.9 Å². The third-order valence-electron chi connectivity index (χ3n) is 2.03. The summed E-state index contributed by atoms with van der Waals surface area (Å²) in [6.07, 6.45) is 2.18. The van der Waals surface area contributed by atoms with Crippen molar-refractivity contribution in [3.05, 3.63) is 22.4 Å². The summed E-state index contributed by atoms with van der Waals surface area (Å²) in [6.45, 7) is 2.03. The quantitative estimate of drug-likeness (QED) is 0.768. The van der Waals surface area contributed by atoms with Crippen LogP contribution in [0.2, 0.25) is 0 Å². The van der Waals surface area contributed by atoms with Gasteiger partial charge in [-0.25, -0.2) is 0 Å². The van der Waals surface area contributed by atoms with Crippen molar-refractivity contribution in [2.75, 3.05) is 5.88 Å². The number of carbonyl (C=O) groups excluding carboxylic acids is 1. The van der Waals surface area contributed by atoms with E-state index in [0.29, 0.717) is 12.3 Å². The first-order valence-corrected chi connectivity index (χ1v) is 6.51. The van der Waals surface area contributed by atoms with Gasteiger partial charge in [0.2, 0.25) is 5.91 Å². The van der Waals surface area contributed by atoms with E-state index in [2.05, 4.69) is 16.8 Å². The maximum atomic E-state index is 11.4. The van der Waals surface area contributed by atoms with Crippen molar-refractivity contribution in [2.45, 2.75) is 32.2 Å². The Morgan fingerprint density at radius 1 is 1.67 bits per heavy atom. The van der Waals surface area contributed by atoms with Crippen molar-refractivity contribution in [2.24, 2.45) is 0 Å². The Labute approximate surface area is 99.6 Å². The number of alkyl halides is 1. The molecule has 0 aromatic carbocycles. The minimum absolute atomic E-state index is 0.0970. The molecule has 0 radical (unpaired) electrons. The molecule has 0 aliphatic rings. The highest BCUT2D eigenvalue weighted by molar-refractivity contribution is 7.09. The minimum atomic E-state index is 0.0970. The van der Waals surface area contributed by atoms with Crippen molar-refractivity contribution >= 4 is 28.8 Å². The molecule has 1 atom stereocenters. The number of amides is 1. The highest BCUT2D eigenvalue weighted by Gasteiger charge is 2.07. The predicted molar refractivity (Wildman–Crippen MR) is 65.6 cm³/mol. The highest BCUT2D eigenvalue weighted by atomic mass is 35.5. The fraction of sp³-hybridized carbons (Fsp3) is 0.545. The summed E-state index contributed by atoms with van der Waals surface area (Å²) in [5, 5.41) is 5.01. The standard InChI is InChI=1S/C11H16ClNOS/c1-9(8-10-4-3-7-15-10)13-11(14)5-2-6-12/h3-4,7,9H,2,5-6,8H2,1H3,(H,13,14). The van der Waals surface area contributed by atoms with Gasteiger partial charge in [-0.2, -0.15) is 0 Å². The zero-order chi connectivity index (χ0) is 11.1. The van der Waals surface area contributed by atoms with Crippen LogP contribution in [0.1, 0.15) is 24.6 Å². The lowest BCUT2D eigenvalue weighted by molar-refractivity contribution is -0.121. The Bertz CT molecular complexity index is 287. The van der Waals surface area contributed by atoms with E-state index < -0.39 is 0 Å². The Morgan fingerprint density at radius 3 is 3.07 bits per heavy atom. The number of rotatable bonds is 6. The Hall–Kier alpha value is -0.540. The van der Waals surface area contributed by atoms with Crippen LogP contribution in [0.4, 0.5) is 0 Å². The van der Waals surface area contributed by atoms with Crippen molar-refractivity contribution in [3.63, 3.8) is 0 Å². The molecule has 1 N–H and O–H groups in total. The summed E-state index contributed by atoms with van der Waals surface area (Å²) in [6, 6.07) is 4.32. The number of thiophene rings is 1. The zero-order valence-electron chi connectivity index (χ0n) is 8.83. The zero-order valence-corrected chi connectivity index (χ0v) is 10.4. The molecule has 0 spiro atoms. The van der Waals surface area contributed by atoms with Crippen LogP contribution in [0, 0.1) is 0 Å². The fourth-order valence-corrected chi connectivity index (χ4v) is 2.32. The molecule has 1 rings (SSSR count). The van der Waals surface area contributed by atoms with E-state index in [-0.39, 0.29) is 11.9 Å². The van der Waals surface area contributed by atoms with Gasteiger partial charge in [-0.3, -0.25) is 4.79 Å². The molecule has 1 unspecified atom stereocenters. The van der Waals surface area contributed by atoms with Gasteiger partial charge >= 0.3 is 0 Å². The molecule has 84 valence electrons. The molecule has 0 aliphatic carbocycles. The normalized spacial score (nSPS) is 12.4. The van der Waals surface area contributed by atoms with Crippen molar-refractivity contribution in [3.8, 4) is 0 Å². The number of hydrogen-bond donors (Lipinski definition) is 1. The first-order chi connectivity index (χ1) is 7.22. The van der Waals surface area contributed by atoms with Gasteiger partial charge in [0.1, 0.15) is 0 Å². The van der Waals surface area contributed by atoms with Crippen LogP contribution in [-0.2, 0) is 11.2 Å². The van der Waals surface area contributed by atoms with Gasteiger partial charge in [0.25, 0.3) is 0 Å². The minimum Gasteiger partial charge on any atom is -0.353 e. The monoisotopic (exact) mass is 245 g/mol. The van der Waals surface area contributed by atoms with Gasteiger partial charge < -0.3 is 5.32 Å². The Balaban J connectivity index is 2.23. The predicted octanol–water partition coefficient (Wildman–Crippen LogP) is 2.81. The molecule has 4 heteroatoms. The SMILES string of the molecule is CC(Cc1cccs1)NC(=O)CCCCl. The first kappa shape index (κ1) is 12.5. The van der Waals surface area contributed by atoms with Crippen LogP contribution in [0.25, 0.3) is 0 Å². The second-order valence-electron chi connectivity index (χ2n) is 3.54. The molecule has 0 aliphatic heterocycles. The molecule has 1 amide bonds. The van der Waals surface area contributed by atoms with Crippen LogP contribution in [-0.4, -0.2) is 17.8 Å². The van der Waals surface area contributed by atoms with Crippen LogP contribution in [0.15, 0.2) is 17.5 Å². The highest BCUT2D eigenvalue weighted by Crippen LogP contribution is 2.10. The molecule has 15 heavy (non-hydrogen) atoms. The van der Waals surface area contributed by atoms with E-state index in [0.717, 1.165) is 12.8 Å². The molecule has 0 fully saturated rings. The molecule has 1 aromatic heterocycles. The van der Waals surface area contributed by atoms with Crippen LogP contribution < -0.4 is 5.32 Å². The topological polar surface area (TPSA) is 29.1 Å². The lowest BCUT2D eigenvalue weighted by Crippen LogP contribution is -2.33. The van der Waals surface area contributed by atoms with Gasteiger partial charge in [0.15, 0.2) is 0 Å². The summed E-state index contributed by atoms with van der Waals surface area (Å²) in [7, 11) is 0. The first-order valence-electron chi connectivity index (χ1n) is 5.10. The van der Waals surface area contributed by atoms with Crippen molar-refractivity contribution < 1.29 is 4.79 Å². The van der Waals surface area contributed by atoms with Crippen molar-refractivity contribution in [1.82, 2.24) is 5.32 Å². The van der Waals surface area contributed by atoms with Gasteiger partial charge in [0, 0.05) is 29.6 Å².